The first-order valence-corrected chi connectivity index (χ1v) is 9.54. The van der Waals surface area contributed by atoms with Crippen LogP contribution in [-0.2, 0) is 9.53 Å². The van der Waals surface area contributed by atoms with Crippen LogP contribution in [0.5, 0.6) is 0 Å². The molecule has 0 unspecified atom stereocenters. The molecule has 1 saturated heterocycles. The fourth-order valence-electron chi connectivity index (χ4n) is 2.90. The summed E-state index contributed by atoms with van der Waals surface area (Å²) in [4.78, 5) is 40.0. The summed E-state index contributed by atoms with van der Waals surface area (Å²) in [5, 5.41) is 3.23. The van der Waals surface area contributed by atoms with Gasteiger partial charge < -0.3 is 19.9 Å². The van der Waals surface area contributed by atoms with Gasteiger partial charge in [0, 0.05) is 37.6 Å². The molecule has 0 aliphatic carbocycles. The molecular formula is C18H23Cl2N3O4. The Bertz CT molecular complexity index is 727. The van der Waals surface area contributed by atoms with Gasteiger partial charge in [-0.1, -0.05) is 30.1 Å². The molecule has 0 aromatic heterocycles. The van der Waals surface area contributed by atoms with E-state index in [9.17, 15) is 14.4 Å². The highest BCUT2D eigenvalue weighted by molar-refractivity contribution is 6.38. The van der Waals surface area contributed by atoms with E-state index in [0.29, 0.717) is 50.5 Å². The van der Waals surface area contributed by atoms with E-state index in [0.717, 1.165) is 0 Å². The topological polar surface area (TPSA) is 79.0 Å². The largest absolute Gasteiger partial charge is 0.453 e. The van der Waals surface area contributed by atoms with Gasteiger partial charge in [0.1, 0.15) is 0 Å². The van der Waals surface area contributed by atoms with Gasteiger partial charge in [-0.05, 0) is 25.0 Å². The molecule has 2 rings (SSSR count). The average Bonchev–Trinajstić information content (AvgIpc) is 2.89. The third kappa shape index (κ3) is 5.49. The molecule has 0 spiro atoms. The number of ether oxygens (including phenoxy) is 1. The quantitative estimate of drug-likeness (QED) is 0.813. The van der Waals surface area contributed by atoms with E-state index in [1.165, 1.54) is 19.2 Å². The standard InChI is InChI=1S/C18H23Cl2N3O4/c1-3-5-15(24)21-16-13(10-12(19)11-14(16)20)17(25)22-6-4-7-23(9-8-22)18(26)27-2/h10-11H,3-9H2,1-2H3,(H,21,24). The summed E-state index contributed by atoms with van der Waals surface area (Å²) in [6, 6.07) is 2.99. The van der Waals surface area contributed by atoms with Crippen molar-refractivity contribution in [3.8, 4) is 0 Å². The number of amides is 3. The van der Waals surface area contributed by atoms with E-state index in [2.05, 4.69) is 5.32 Å². The van der Waals surface area contributed by atoms with E-state index in [4.69, 9.17) is 27.9 Å². The van der Waals surface area contributed by atoms with Crippen molar-refractivity contribution < 1.29 is 19.1 Å². The first-order chi connectivity index (χ1) is 12.9. The van der Waals surface area contributed by atoms with Crippen LogP contribution in [0, 0.1) is 0 Å². The molecule has 0 saturated carbocycles. The van der Waals surface area contributed by atoms with E-state index in [-0.39, 0.29) is 28.1 Å². The second kappa shape index (κ2) is 9.80. The number of halogens is 2. The summed E-state index contributed by atoms with van der Waals surface area (Å²) in [5.41, 5.74) is 0.502. The number of hydrogen-bond acceptors (Lipinski definition) is 4. The number of anilines is 1. The smallest absolute Gasteiger partial charge is 0.409 e. The van der Waals surface area contributed by atoms with Gasteiger partial charge in [-0.25, -0.2) is 4.79 Å². The fourth-order valence-corrected chi connectivity index (χ4v) is 3.44. The summed E-state index contributed by atoms with van der Waals surface area (Å²) in [7, 11) is 1.33. The number of carbonyl (C=O) groups excluding carboxylic acids is 3. The van der Waals surface area contributed by atoms with Crippen molar-refractivity contribution in [1.29, 1.82) is 0 Å². The number of nitrogens with one attached hydrogen (secondary N) is 1. The van der Waals surface area contributed by atoms with Crippen LogP contribution < -0.4 is 5.32 Å². The van der Waals surface area contributed by atoms with Crippen LogP contribution in [0.25, 0.3) is 0 Å². The Morgan fingerprint density at radius 2 is 1.78 bits per heavy atom. The number of methoxy groups -OCH3 is 1. The lowest BCUT2D eigenvalue weighted by molar-refractivity contribution is -0.116. The summed E-state index contributed by atoms with van der Waals surface area (Å²) in [6.07, 6.45) is 1.20. The van der Waals surface area contributed by atoms with Gasteiger partial charge in [0.15, 0.2) is 0 Å². The molecule has 27 heavy (non-hydrogen) atoms. The number of nitrogens with zero attached hydrogens (tertiary/aromatic N) is 2. The molecule has 1 aliphatic rings. The number of carbonyl (C=O) groups is 3. The molecule has 0 radical (unpaired) electrons. The predicted octanol–water partition coefficient (Wildman–Crippen LogP) is 3.65. The summed E-state index contributed by atoms with van der Waals surface area (Å²) in [6.45, 7) is 3.58. The van der Waals surface area contributed by atoms with Crippen molar-refractivity contribution in [2.75, 3.05) is 38.6 Å². The van der Waals surface area contributed by atoms with Gasteiger partial charge in [0.05, 0.1) is 23.4 Å². The molecule has 9 heteroatoms. The maximum absolute atomic E-state index is 13.1. The van der Waals surface area contributed by atoms with Crippen LogP contribution in [0.1, 0.15) is 36.5 Å². The molecule has 1 aromatic rings. The molecule has 7 nitrogen and oxygen atoms in total. The Hall–Kier alpha value is -1.99. The molecule has 1 aromatic carbocycles. The lowest BCUT2D eigenvalue weighted by Crippen LogP contribution is -2.37. The number of benzene rings is 1. The van der Waals surface area contributed by atoms with E-state index < -0.39 is 6.09 Å². The Morgan fingerprint density at radius 3 is 2.44 bits per heavy atom. The fraction of sp³-hybridized carbons (Fsp3) is 0.500. The van der Waals surface area contributed by atoms with Crippen LogP contribution in [0.4, 0.5) is 10.5 Å². The minimum atomic E-state index is -0.414. The lowest BCUT2D eigenvalue weighted by atomic mass is 10.1. The Morgan fingerprint density at radius 1 is 1.11 bits per heavy atom. The first-order valence-electron chi connectivity index (χ1n) is 8.78. The molecule has 1 aliphatic heterocycles. The van der Waals surface area contributed by atoms with Crippen molar-refractivity contribution in [3.05, 3.63) is 27.7 Å². The Labute approximate surface area is 168 Å². The zero-order valence-corrected chi connectivity index (χ0v) is 16.9. The van der Waals surface area contributed by atoms with Gasteiger partial charge in [-0.3, -0.25) is 9.59 Å². The lowest BCUT2D eigenvalue weighted by Gasteiger charge is -2.23. The maximum atomic E-state index is 13.1. The zero-order valence-electron chi connectivity index (χ0n) is 15.4. The van der Waals surface area contributed by atoms with Crippen molar-refractivity contribution in [2.45, 2.75) is 26.2 Å². The van der Waals surface area contributed by atoms with Crippen molar-refractivity contribution in [2.24, 2.45) is 0 Å². The minimum absolute atomic E-state index is 0.210. The van der Waals surface area contributed by atoms with Gasteiger partial charge in [0.2, 0.25) is 5.91 Å². The highest BCUT2D eigenvalue weighted by Crippen LogP contribution is 2.31. The molecule has 3 amide bonds. The van der Waals surface area contributed by atoms with E-state index >= 15 is 0 Å². The third-order valence-electron chi connectivity index (χ3n) is 4.24. The minimum Gasteiger partial charge on any atom is -0.453 e. The van der Waals surface area contributed by atoms with Crippen molar-refractivity contribution in [1.82, 2.24) is 9.80 Å². The Balaban J connectivity index is 2.24. The molecule has 1 N–H and O–H groups in total. The molecule has 1 heterocycles. The second-order valence-corrected chi connectivity index (χ2v) is 7.05. The zero-order chi connectivity index (χ0) is 20.0. The Kier molecular flexibility index (Phi) is 7.74. The van der Waals surface area contributed by atoms with Crippen LogP contribution >= 0.6 is 23.2 Å². The molecular weight excluding hydrogens is 393 g/mol. The first kappa shape index (κ1) is 21.3. The molecule has 0 bridgehead atoms. The SMILES string of the molecule is CCCC(=O)Nc1c(Cl)cc(Cl)cc1C(=O)N1CCCN(C(=O)OC)CC1. The van der Waals surface area contributed by atoms with Crippen molar-refractivity contribution >= 4 is 46.8 Å². The van der Waals surface area contributed by atoms with E-state index in [1.54, 1.807) is 9.80 Å². The number of hydrogen-bond donors (Lipinski definition) is 1. The highest BCUT2D eigenvalue weighted by Gasteiger charge is 2.26. The van der Waals surface area contributed by atoms with Crippen molar-refractivity contribution in [3.63, 3.8) is 0 Å². The summed E-state index contributed by atoms with van der Waals surface area (Å²) >= 11 is 12.3. The van der Waals surface area contributed by atoms with Gasteiger partial charge in [-0.2, -0.15) is 0 Å². The van der Waals surface area contributed by atoms with Crippen LogP contribution in [0.3, 0.4) is 0 Å². The second-order valence-electron chi connectivity index (χ2n) is 6.21. The predicted molar refractivity (Wildman–Crippen MR) is 104 cm³/mol. The molecule has 1 fully saturated rings. The van der Waals surface area contributed by atoms with E-state index in [1.807, 2.05) is 6.92 Å². The van der Waals surface area contributed by atoms with Crippen LogP contribution in [-0.4, -0.2) is 61.0 Å². The number of rotatable bonds is 4. The normalized spacial score (nSPS) is 14.5. The van der Waals surface area contributed by atoms with Crippen LogP contribution in [0.2, 0.25) is 10.0 Å². The van der Waals surface area contributed by atoms with Crippen LogP contribution in [0.15, 0.2) is 12.1 Å². The molecule has 148 valence electrons. The van der Waals surface area contributed by atoms with Gasteiger partial charge >= 0.3 is 6.09 Å². The molecule has 0 atom stereocenters. The highest BCUT2D eigenvalue weighted by atomic mass is 35.5. The maximum Gasteiger partial charge on any atom is 0.409 e. The van der Waals surface area contributed by atoms with Gasteiger partial charge in [0.25, 0.3) is 5.91 Å². The monoisotopic (exact) mass is 415 g/mol. The van der Waals surface area contributed by atoms with Gasteiger partial charge in [-0.15, -0.1) is 0 Å². The third-order valence-corrected chi connectivity index (χ3v) is 4.76. The summed E-state index contributed by atoms with van der Waals surface area (Å²) in [5.74, 6) is -0.513. The average molecular weight is 416 g/mol. The summed E-state index contributed by atoms with van der Waals surface area (Å²) < 4.78 is 4.74.